The van der Waals surface area contributed by atoms with Crippen molar-refractivity contribution in [3.63, 3.8) is 0 Å². The Balaban J connectivity index is 2.14. The van der Waals surface area contributed by atoms with Gasteiger partial charge in [0, 0.05) is 37.6 Å². The van der Waals surface area contributed by atoms with Gasteiger partial charge in [-0.25, -0.2) is 0 Å². The highest BCUT2D eigenvalue weighted by molar-refractivity contribution is 5.53. The summed E-state index contributed by atoms with van der Waals surface area (Å²) in [7, 11) is 4.13. The van der Waals surface area contributed by atoms with E-state index in [2.05, 4.69) is 28.9 Å². The van der Waals surface area contributed by atoms with Crippen LogP contribution in [0.5, 0.6) is 0 Å². The van der Waals surface area contributed by atoms with Gasteiger partial charge in [0.2, 0.25) is 0 Å². The number of nitrogens with zero attached hydrogens (tertiary/aromatic N) is 3. The minimum absolute atomic E-state index is 0.233. The van der Waals surface area contributed by atoms with Gasteiger partial charge >= 0.3 is 0 Å². The van der Waals surface area contributed by atoms with Crippen LogP contribution in [0.3, 0.4) is 0 Å². The third-order valence-corrected chi connectivity index (χ3v) is 4.11. The van der Waals surface area contributed by atoms with Gasteiger partial charge in [0.05, 0.1) is 11.8 Å². The first kappa shape index (κ1) is 15.2. The number of aliphatic hydroxyl groups is 1. The minimum atomic E-state index is -0.233. The smallest absolute Gasteiger partial charge is 0.0682 e. The van der Waals surface area contributed by atoms with Gasteiger partial charge in [-0.2, -0.15) is 0 Å². The van der Waals surface area contributed by atoms with Crippen LogP contribution in [0.15, 0.2) is 6.20 Å². The maximum atomic E-state index is 9.92. The number of rotatable bonds is 4. The van der Waals surface area contributed by atoms with Crippen LogP contribution in [0, 0.1) is 13.8 Å². The summed E-state index contributed by atoms with van der Waals surface area (Å²) in [5, 5.41) is 9.92. The number of pyridine rings is 1. The van der Waals surface area contributed by atoms with E-state index >= 15 is 0 Å². The number of nitrogen functional groups attached to an aromatic ring is 1. The molecule has 0 aliphatic carbocycles. The topological polar surface area (TPSA) is 65.6 Å². The largest absolute Gasteiger partial charge is 0.398 e. The lowest BCUT2D eigenvalue weighted by molar-refractivity contribution is 0.168. The molecule has 3 N–H and O–H groups in total. The molecule has 2 atom stereocenters. The summed E-state index contributed by atoms with van der Waals surface area (Å²) in [4.78, 5) is 9.00. The number of likely N-dealkylation sites (N-methyl/N-ethyl adjacent to an activating group) is 1. The van der Waals surface area contributed by atoms with E-state index in [-0.39, 0.29) is 6.10 Å². The summed E-state index contributed by atoms with van der Waals surface area (Å²) >= 11 is 0. The van der Waals surface area contributed by atoms with Crippen LogP contribution >= 0.6 is 0 Å². The summed E-state index contributed by atoms with van der Waals surface area (Å²) in [6, 6.07) is 0.378. The monoisotopic (exact) mass is 278 g/mol. The molecule has 20 heavy (non-hydrogen) atoms. The fourth-order valence-electron chi connectivity index (χ4n) is 2.91. The second kappa shape index (κ2) is 6.08. The third-order valence-electron chi connectivity index (χ3n) is 4.11. The number of nitrogens with two attached hydrogens (primary N) is 1. The van der Waals surface area contributed by atoms with Gasteiger partial charge in [0.25, 0.3) is 0 Å². The highest BCUT2D eigenvalue weighted by Crippen LogP contribution is 2.24. The number of aryl methyl sites for hydroxylation is 1. The predicted octanol–water partition coefficient (Wildman–Crippen LogP) is 0.777. The average Bonchev–Trinajstić information content (AvgIpc) is 2.69. The van der Waals surface area contributed by atoms with E-state index in [1.165, 1.54) is 0 Å². The van der Waals surface area contributed by atoms with Gasteiger partial charge in [-0.3, -0.25) is 9.88 Å². The summed E-state index contributed by atoms with van der Waals surface area (Å²) in [5.41, 5.74) is 10.0. The van der Waals surface area contributed by atoms with Crippen LogP contribution in [0.2, 0.25) is 0 Å². The molecule has 0 radical (unpaired) electrons. The summed E-state index contributed by atoms with van der Waals surface area (Å²) in [5.74, 6) is 0. The number of β-amino-alcohol motifs (C(OH)–C–C–N with tert-alkyl or cyclic N) is 1. The Labute approximate surface area is 121 Å². The molecule has 2 unspecified atom stereocenters. The standard InChI is InChI=1S/C15H26N4O/c1-10-6-17-14(11(2)15(10)16)9-19-8-13(20)5-12(19)7-18(3)4/h6,12-13,20H,5,7-9H2,1-4H3,(H2,16,17). The van der Waals surface area contributed by atoms with Gasteiger partial charge in [0.1, 0.15) is 0 Å². The van der Waals surface area contributed by atoms with E-state index in [4.69, 9.17) is 5.73 Å². The second-order valence-electron chi connectivity index (χ2n) is 6.16. The van der Waals surface area contributed by atoms with E-state index in [0.29, 0.717) is 12.6 Å². The Bertz CT molecular complexity index is 475. The van der Waals surface area contributed by atoms with Crippen LogP contribution in [-0.4, -0.2) is 59.2 Å². The average molecular weight is 278 g/mol. The first-order valence-electron chi connectivity index (χ1n) is 7.16. The normalized spacial score (nSPS) is 23.7. The van der Waals surface area contributed by atoms with Crippen molar-refractivity contribution in [2.75, 3.05) is 32.9 Å². The third kappa shape index (κ3) is 3.29. The van der Waals surface area contributed by atoms with E-state index in [1.807, 2.05) is 20.0 Å². The quantitative estimate of drug-likeness (QED) is 0.852. The van der Waals surface area contributed by atoms with Gasteiger partial charge < -0.3 is 15.7 Å². The highest BCUT2D eigenvalue weighted by Gasteiger charge is 2.31. The molecule has 0 spiro atoms. The molecule has 5 nitrogen and oxygen atoms in total. The molecule has 0 saturated carbocycles. The molecule has 0 aromatic carbocycles. The molecular weight excluding hydrogens is 252 g/mol. The van der Waals surface area contributed by atoms with Crippen LogP contribution in [0.25, 0.3) is 0 Å². The number of aliphatic hydroxyl groups excluding tert-OH is 1. The lowest BCUT2D eigenvalue weighted by atomic mass is 10.1. The van der Waals surface area contributed by atoms with Crippen molar-refractivity contribution >= 4 is 5.69 Å². The first-order chi connectivity index (χ1) is 9.38. The Morgan fingerprint density at radius 1 is 1.45 bits per heavy atom. The molecule has 1 fully saturated rings. The van der Waals surface area contributed by atoms with E-state index in [9.17, 15) is 5.11 Å². The first-order valence-corrected chi connectivity index (χ1v) is 7.16. The van der Waals surface area contributed by atoms with Crippen LogP contribution in [0.4, 0.5) is 5.69 Å². The lowest BCUT2D eigenvalue weighted by Gasteiger charge is -2.27. The predicted molar refractivity (Wildman–Crippen MR) is 81.5 cm³/mol. The van der Waals surface area contributed by atoms with Gasteiger partial charge in [-0.1, -0.05) is 0 Å². The lowest BCUT2D eigenvalue weighted by Crippen LogP contribution is -2.37. The Morgan fingerprint density at radius 2 is 2.15 bits per heavy atom. The van der Waals surface area contributed by atoms with Crippen molar-refractivity contribution in [2.24, 2.45) is 0 Å². The molecular formula is C15H26N4O. The molecule has 1 aromatic heterocycles. The van der Waals surface area contributed by atoms with Gasteiger partial charge in [0.15, 0.2) is 0 Å². The van der Waals surface area contributed by atoms with Gasteiger partial charge in [-0.15, -0.1) is 0 Å². The molecule has 1 aliphatic rings. The summed E-state index contributed by atoms with van der Waals surface area (Å²) in [6.07, 6.45) is 2.44. The van der Waals surface area contributed by atoms with E-state index in [1.54, 1.807) is 0 Å². The molecule has 1 aliphatic heterocycles. The molecule has 0 bridgehead atoms. The van der Waals surface area contributed by atoms with Crippen LogP contribution in [0.1, 0.15) is 23.2 Å². The van der Waals surface area contributed by atoms with Crippen molar-refractivity contribution in [3.8, 4) is 0 Å². The Morgan fingerprint density at radius 3 is 2.80 bits per heavy atom. The molecule has 0 amide bonds. The minimum Gasteiger partial charge on any atom is -0.398 e. The van der Waals surface area contributed by atoms with E-state index in [0.717, 1.165) is 42.0 Å². The fourth-order valence-corrected chi connectivity index (χ4v) is 2.91. The zero-order chi connectivity index (χ0) is 14.9. The maximum Gasteiger partial charge on any atom is 0.0682 e. The van der Waals surface area contributed by atoms with Crippen LogP contribution in [-0.2, 0) is 6.54 Å². The summed E-state index contributed by atoms with van der Waals surface area (Å²) in [6.45, 7) is 6.43. The molecule has 112 valence electrons. The van der Waals surface area contributed by atoms with Gasteiger partial charge in [-0.05, 0) is 45.5 Å². The number of hydrogen-bond donors (Lipinski definition) is 2. The number of hydrogen-bond acceptors (Lipinski definition) is 5. The highest BCUT2D eigenvalue weighted by atomic mass is 16.3. The molecule has 5 heteroatoms. The Hall–Kier alpha value is -1.17. The van der Waals surface area contributed by atoms with Crippen molar-refractivity contribution in [3.05, 3.63) is 23.0 Å². The van der Waals surface area contributed by atoms with Crippen molar-refractivity contribution in [1.82, 2.24) is 14.8 Å². The molecule has 1 aromatic rings. The number of aromatic nitrogens is 1. The molecule has 2 rings (SSSR count). The zero-order valence-corrected chi connectivity index (χ0v) is 12.9. The Kier molecular flexibility index (Phi) is 4.62. The molecule has 1 saturated heterocycles. The maximum absolute atomic E-state index is 9.92. The van der Waals surface area contributed by atoms with Crippen molar-refractivity contribution < 1.29 is 5.11 Å². The van der Waals surface area contributed by atoms with Crippen LogP contribution < -0.4 is 5.73 Å². The van der Waals surface area contributed by atoms with E-state index < -0.39 is 0 Å². The number of likely N-dealkylation sites (tertiary alicyclic amines) is 1. The second-order valence-corrected chi connectivity index (χ2v) is 6.16. The fraction of sp³-hybridized carbons (Fsp3) is 0.667. The van der Waals surface area contributed by atoms with Crippen molar-refractivity contribution in [2.45, 2.75) is 39.0 Å². The SMILES string of the molecule is Cc1cnc(CN2CC(O)CC2CN(C)C)c(C)c1N. The zero-order valence-electron chi connectivity index (χ0n) is 12.9. The molecule has 2 heterocycles. The van der Waals surface area contributed by atoms with Crippen molar-refractivity contribution in [1.29, 1.82) is 0 Å². The number of anilines is 1. The summed E-state index contributed by atoms with van der Waals surface area (Å²) < 4.78 is 0.